The molecule has 0 spiro atoms. The first-order valence-corrected chi connectivity index (χ1v) is 5.56. The van der Waals surface area contributed by atoms with Gasteiger partial charge < -0.3 is 19.9 Å². The van der Waals surface area contributed by atoms with Crippen LogP contribution in [0.5, 0.6) is 11.5 Å². The van der Waals surface area contributed by atoms with Crippen molar-refractivity contribution in [3.05, 3.63) is 23.8 Å². The van der Waals surface area contributed by atoms with Crippen LogP contribution in [0.1, 0.15) is 18.4 Å². The Bertz CT molecular complexity index is 401. The fraction of sp³-hybridized carbons (Fsp3) is 0.500. The van der Waals surface area contributed by atoms with Crippen LogP contribution in [-0.2, 0) is 6.54 Å². The van der Waals surface area contributed by atoms with Gasteiger partial charge in [0.25, 0.3) is 0 Å². The zero-order valence-corrected chi connectivity index (χ0v) is 9.03. The van der Waals surface area contributed by atoms with E-state index in [4.69, 9.17) is 9.47 Å². The third kappa shape index (κ3) is 1.64. The predicted molar refractivity (Wildman–Crippen MR) is 58.5 cm³/mol. The number of benzene rings is 1. The van der Waals surface area contributed by atoms with Crippen molar-refractivity contribution in [1.29, 1.82) is 0 Å². The van der Waals surface area contributed by atoms with Crippen LogP contribution in [0.25, 0.3) is 0 Å². The van der Waals surface area contributed by atoms with Gasteiger partial charge in [0.15, 0.2) is 11.5 Å². The van der Waals surface area contributed by atoms with Crippen molar-refractivity contribution in [2.45, 2.75) is 24.9 Å². The molecule has 1 aromatic rings. The van der Waals surface area contributed by atoms with Crippen molar-refractivity contribution >= 4 is 0 Å². The Hall–Kier alpha value is -1.26. The van der Waals surface area contributed by atoms with E-state index in [0.717, 1.165) is 29.9 Å². The molecule has 1 aliphatic carbocycles. The molecular weight excluding hydrogens is 206 g/mol. The molecule has 0 unspecified atom stereocenters. The van der Waals surface area contributed by atoms with Gasteiger partial charge in [0.05, 0.1) is 6.61 Å². The topological polar surface area (TPSA) is 50.7 Å². The fourth-order valence-corrected chi connectivity index (χ4v) is 1.95. The van der Waals surface area contributed by atoms with E-state index in [-0.39, 0.29) is 12.1 Å². The van der Waals surface area contributed by atoms with Crippen molar-refractivity contribution in [3.63, 3.8) is 0 Å². The quantitative estimate of drug-likeness (QED) is 0.797. The second-order valence-electron chi connectivity index (χ2n) is 4.44. The SMILES string of the molecule is OCC1(NCc2cccc3c2OCO3)CC1. The lowest BCUT2D eigenvalue weighted by molar-refractivity contribution is 0.172. The molecule has 0 amide bonds. The highest BCUT2D eigenvalue weighted by molar-refractivity contribution is 5.48. The molecule has 1 fully saturated rings. The van der Waals surface area contributed by atoms with Gasteiger partial charge in [0.1, 0.15) is 0 Å². The van der Waals surface area contributed by atoms with Crippen LogP contribution >= 0.6 is 0 Å². The summed E-state index contributed by atoms with van der Waals surface area (Å²) in [6.45, 7) is 1.23. The molecule has 0 radical (unpaired) electrons. The molecule has 0 aromatic heterocycles. The smallest absolute Gasteiger partial charge is 0.231 e. The van der Waals surface area contributed by atoms with Gasteiger partial charge >= 0.3 is 0 Å². The molecule has 2 N–H and O–H groups in total. The fourth-order valence-electron chi connectivity index (χ4n) is 1.95. The van der Waals surface area contributed by atoms with E-state index in [0.29, 0.717) is 13.3 Å². The highest BCUT2D eigenvalue weighted by atomic mass is 16.7. The van der Waals surface area contributed by atoms with Crippen molar-refractivity contribution in [3.8, 4) is 11.5 Å². The first kappa shape index (κ1) is 9.93. The summed E-state index contributed by atoms with van der Waals surface area (Å²) in [5, 5.41) is 12.6. The average Bonchev–Trinajstić information content (AvgIpc) is 2.94. The number of rotatable bonds is 4. The van der Waals surface area contributed by atoms with Crippen LogP contribution in [0.15, 0.2) is 18.2 Å². The minimum Gasteiger partial charge on any atom is -0.454 e. The van der Waals surface area contributed by atoms with Crippen LogP contribution in [0, 0.1) is 0 Å². The number of hydrogen-bond donors (Lipinski definition) is 2. The van der Waals surface area contributed by atoms with Gasteiger partial charge in [-0.3, -0.25) is 0 Å². The number of nitrogens with one attached hydrogen (secondary N) is 1. The van der Waals surface area contributed by atoms with Gasteiger partial charge in [-0.05, 0) is 18.9 Å². The predicted octanol–water partition coefficient (Wildman–Crippen LogP) is 1.03. The van der Waals surface area contributed by atoms with Crippen molar-refractivity contribution in [2.75, 3.05) is 13.4 Å². The van der Waals surface area contributed by atoms with Crippen molar-refractivity contribution < 1.29 is 14.6 Å². The second kappa shape index (κ2) is 3.64. The lowest BCUT2D eigenvalue weighted by Crippen LogP contribution is -2.34. The lowest BCUT2D eigenvalue weighted by atomic mass is 10.1. The third-order valence-electron chi connectivity index (χ3n) is 3.29. The number of hydrogen-bond acceptors (Lipinski definition) is 4. The number of aliphatic hydroxyl groups is 1. The second-order valence-corrected chi connectivity index (χ2v) is 4.44. The Morgan fingerprint density at radius 1 is 1.31 bits per heavy atom. The highest BCUT2D eigenvalue weighted by Gasteiger charge is 2.41. The van der Waals surface area contributed by atoms with E-state index in [2.05, 4.69) is 5.32 Å². The van der Waals surface area contributed by atoms with Crippen LogP contribution in [0.2, 0.25) is 0 Å². The van der Waals surface area contributed by atoms with Crippen LogP contribution < -0.4 is 14.8 Å². The monoisotopic (exact) mass is 221 g/mol. The van der Waals surface area contributed by atoms with E-state index in [9.17, 15) is 5.11 Å². The average molecular weight is 221 g/mol. The Morgan fingerprint density at radius 3 is 2.94 bits per heavy atom. The maximum Gasteiger partial charge on any atom is 0.231 e. The van der Waals surface area contributed by atoms with Gasteiger partial charge in [-0.25, -0.2) is 0 Å². The summed E-state index contributed by atoms with van der Waals surface area (Å²) in [7, 11) is 0. The number of fused-ring (bicyclic) bond motifs is 1. The molecule has 1 aliphatic heterocycles. The molecule has 3 rings (SSSR count). The van der Waals surface area contributed by atoms with Crippen LogP contribution in [0.3, 0.4) is 0 Å². The Kier molecular flexibility index (Phi) is 2.26. The van der Waals surface area contributed by atoms with E-state index in [1.807, 2.05) is 18.2 Å². The summed E-state index contributed by atoms with van der Waals surface area (Å²) in [6, 6.07) is 5.89. The van der Waals surface area contributed by atoms with E-state index in [1.165, 1.54) is 0 Å². The lowest BCUT2D eigenvalue weighted by Gasteiger charge is -2.14. The molecule has 2 aliphatic rings. The van der Waals surface area contributed by atoms with Crippen molar-refractivity contribution in [1.82, 2.24) is 5.32 Å². The summed E-state index contributed by atoms with van der Waals surface area (Å²) in [6.07, 6.45) is 2.10. The molecule has 4 heteroatoms. The number of ether oxygens (including phenoxy) is 2. The van der Waals surface area contributed by atoms with Gasteiger partial charge in [-0.2, -0.15) is 0 Å². The first-order chi connectivity index (χ1) is 7.83. The van der Waals surface area contributed by atoms with Crippen LogP contribution in [0.4, 0.5) is 0 Å². The summed E-state index contributed by atoms with van der Waals surface area (Å²) >= 11 is 0. The Balaban J connectivity index is 1.73. The number of aliphatic hydroxyl groups excluding tert-OH is 1. The standard InChI is InChI=1S/C12H15NO3/c14-7-12(4-5-12)13-6-9-2-1-3-10-11(9)16-8-15-10/h1-3,13-14H,4-8H2. The Morgan fingerprint density at radius 2 is 2.19 bits per heavy atom. The van der Waals surface area contributed by atoms with Gasteiger partial charge in [-0.15, -0.1) is 0 Å². The van der Waals surface area contributed by atoms with Crippen molar-refractivity contribution in [2.24, 2.45) is 0 Å². The molecule has 4 nitrogen and oxygen atoms in total. The summed E-state index contributed by atoms with van der Waals surface area (Å²) in [4.78, 5) is 0. The normalized spacial score (nSPS) is 19.8. The minimum atomic E-state index is -0.0395. The summed E-state index contributed by atoms with van der Waals surface area (Å²) in [5.74, 6) is 1.65. The zero-order chi connectivity index (χ0) is 11.0. The first-order valence-electron chi connectivity index (χ1n) is 5.56. The van der Waals surface area contributed by atoms with Crippen LogP contribution in [-0.4, -0.2) is 24.0 Å². The molecule has 1 aromatic carbocycles. The van der Waals surface area contributed by atoms with Gasteiger partial charge in [-0.1, -0.05) is 12.1 Å². The maximum atomic E-state index is 9.21. The van der Waals surface area contributed by atoms with E-state index in [1.54, 1.807) is 0 Å². The van der Waals surface area contributed by atoms with E-state index < -0.39 is 0 Å². The summed E-state index contributed by atoms with van der Waals surface area (Å²) in [5.41, 5.74) is 1.05. The zero-order valence-electron chi connectivity index (χ0n) is 9.03. The molecule has 0 bridgehead atoms. The largest absolute Gasteiger partial charge is 0.454 e. The van der Waals surface area contributed by atoms with Gasteiger partial charge in [0.2, 0.25) is 6.79 Å². The molecule has 1 heterocycles. The van der Waals surface area contributed by atoms with Gasteiger partial charge in [0, 0.05) is 17.6 Å². The maximum absolute atomic E-state index is 9.21. The molecule has 16 heavy (non-hydrogen) atoms. The molecule has 0 saturated heterocycles. The third-order valence-corrected chi connectivity index (χ3v) is 3.29. The Labute approximate surface area is 94.2 Å². The molecule has 1 saturated carbocycles. The van der Waals surface area contributed by atoms with E-state index >= 15 is 0 Å². The molecule has 0 atom stereocenters. The minimum absolute atomic E-state index is 0.0395. The highest BCUT2D eigenvalue weighted by Crippen LogP contribution is 2.38. The molecular formula is C12H15NO3. The summed E-state index contributed by atoms with van der Waals surface area (Å²) < 4.78 is 10.7. The number of para-hydroxylation sites is 1. The molecule has 86 valence electrons.